The molecular formula is C12H17N3O3. The highest BCUT2D eigenvalue weighted by molar-refractivity contribution is 5.92. The predicted molar refractivity (Wildman–Crippen MR) is 67.6 cm³/mol. The van der Waals surface area contributed by atoms with Gasteiger partial charge in [0, 0.05) is 19.3 Å². The summed E-state index contributed by atoms with van der Waals surface area (Å²) in [5.74, 6) is -0.290. The Labute approximate surface area is 105 Å². The summed E-state index contributed by atoms with van der Waals surface area (Å²) < 4.78 is 0. The molecule has 0 heterocycles. The van der Waals surface area contributed by atoms with Crippen molar-refractivity contribution in [2.75, 3.05) is 18.9 Å². The topological polar surface area (TPSA) is 95.7 Å². The van der Waals surface area contributed by atoms with E-state index in [9.17, 15) is 14.7 Å². The molecule has 0 aliphatic heterocycles. The van der Waals surface area contributed by atoms with Crippen LogP contribution >= 0.6 is 0 Å². The number of carbonyl (C=O) groups is 2. The molecule has 0 unspecified atom stereocenters. The first kappa shape index (κ1) is 14.1. The van der Waals surface area contributed by atoms with E-state index >= 15 is 0 Å². The van der Waals surface area contributed by atoms with Crippen LogP contribution < -0.4 is 11.1 Å². The number of amides is 2. The quantitative estimate of drug-likeness (QED) is 0.603. The van der Waals surface area contributed by atoms with E-state index < -0.39 is 0 Å². The van der Waals surface area contributed by atoms with Crippen LogP contribution in [0.4, 0.5) is 5.69 Å². The highest BCUT2D eigenvalue weighted by Gasteiger charge is 2.07. The summed E-state index contributed by atoms with van der Waals surface area (Å²) in [4.78, 5) is 23.2. The summed E-state index contributed by atoms with van der Waals surface area (Å²) in [6.45, 7) is 0.157. The van der Waals surface area contributed by atoms with Crippen LogP contribution in [0, 0.1) is 0 Å². The summed E-state index contributed by atoms with van der Waals surface area (Å²) >= 11 is 0. The van der Waals surface area contributed by atoms with Gasteiger partial charge in [0.05, 0.1) is 13.2 Å². The minimum absolute atomic E-state index is 0.0919. The largest absolute Gasteiger partial charge is 0.392 e. The Kier molecular flexibility index (Phi) is 5.29. The van der Waals surface area contributed by atoms with Gasteiger partial charge in [-0.05, 0) is 23.3 Å². The lowest BCUT2D eigenvalue weighted by molar-refractivity contribution is -0.117. The molecule has 0 aliphatic carbocycles. The number of anilines is 1. The maximum atomic E-state index is 11.2. The van der Waals surface area contributed by atoms with Gasteiger partial charge in [0.15, 0.2) is 0 Å². The fourth-order valence-corrected chi connectivity index (χ4v) is 1.52. The third-order valence-corrected chi connectivity index (χ3v) is 2.45. The fraction of sp³-hybridized carbons (Fsp3) is 0.333. The molecule has 0 saturated heterocycles. The van der Waals surface area contributed by atoms with Gasteiger partial charge in [-0.25, -0.2) is 0 Å². The van der Waals surface area contributed by atoms with Crippen molar-refractivity contribution >= 4 is 18.0 Å². The van der Waals surface area contributed by atoms with E-state index in [1.807, 2.05) is 0 Å². The third kappa shape index (κ3) is 3.83. The molecule has 0 fully saturated rings. The summed E-state index contributed by atoms with van der Waals surface area (Å²) in [6, 6.07) is 5.11. The second-order valence-corrected chi connectivity index (χ2v) is 3.91. The van der Waals surface area contributed by atoms with E-state index in [1.165, 1.54) is 4.90 Å². The molecule has 0 saturated carbocycles. The smallest absolute Gasteiger partial charge is 0.238 e. The second kappa shape index (κ2) is 6.73. The number of hydrogen-bond acceptors (Lipinski definition) is 4. The van der Waals surface area contributed by atoms with Gasteiger partial charge >= 0.3 is 0 Å². The van der Waals surface area contributed by atoms with Gasteiger partial charge in [-0.1, -0.05) is 6.07 Å². The van der Waals surface area contributed by atoms with Crippen molar-refractivity contribution in [3.05, 3.63) is 29.3 Å². The second-order valence-electron chi connectivity index (χ2n) is 3.91. The number of nitrogens with two attached hydrogens (primary N) is 1. The molecule has 0 spiro atoms. The number of nitrogens with zero attached hydrogens (tertiary/aromatic N) is 1. The summed E-state index contributed by atoms with van der Waals surface area (Å²) in [5, 5.41) is 11.8. The van der Waals surface area contributed by atoms with Gasteiger partial charge in [0.25, 0.3) is 0 Å². The molecule has 0 radical (unpaired) electrons. The number of rotatable bonds is 6. The predicted octanol–water partition coefficient (Wildman–Crippen LogP) is -0.336. The van der Waals surface area contributed by atoms with Gasteiger partial charge in [0.1, 0.15) is 0 Å². The lowest BCUT2D eigenvalue weighted by Crippen LogP contribution is -2.22. The van der Waals surface area contributed by atoms with Crippen molar-refractivity contribution in [3.63, 3.8) is 0 Å². The van der Waals surface area contributed by atoms with Gasteiger partial charge in [-0.3, -0.25) is 9.59 Å². The molecule has 0 aliphatic rings. The lowest BCUT2D eigenvalue weighted by Gasteiger charge is -2.15. The Morgan fingerprint density at radius 1 is 1.50 bits per heavy atom. The Balaban J connectivity index is 2.93. The van der Waals surface area contributed by atoms with Crippen LogP contribution in [0.1, 0.15) is 11.1 Å². The maximum absolute atomic E-state index is 11.2. The van der Waals surface area contributed by atoms with E-state index in [4.69, 9.17) is 5.73 Å². The first-order valence-corrected chi connectivity index (χ1v) is 5.48. The van der Waals surface area contributed by atoms with E-state index in [0.29, 0.717) is 18.6 Å². The van der Waals surface area contributed by atoms with Crippen molar-refractivity contribution in [2.24, 2.45) is 5.73 Å². The average Bonchev–Trinajstić information content (AvgIpc) is 2.38. The van der Waals surface area contributed by atoms with E-state index in [-0.39, 0.29) is 19.1 Å². The van der Waals surface area contributed by atoms with Crippen molar-refractivity contribution in [1.82, 2.24) is 4.90 Å². The molecule has 6 nitrogen and oxygen atoms in total. The number of benzene rings is 1. The third-order valence-electron chi connectivity index (χ3n) is 2.45. The minimum Gasteiger partial charge on any atom is -0.392 e. The molecule has 0 aromatic heterocycles. The molecule has 6 heteroatoms. The molecule has 2 amide bonds. The van der Waals surface area contributed by atoms with Crippen molar-refractivity contribution < 1.29 is 14.7 Å². The van der Waals surface area contributed by atoms with Crippen LogP contribution in [0.2, 0.25) is 0 Å². The van der Waals surface area contributed by atoms with Crippen LogP contribution in [-0.2, 0) is 22.7 Å². The van der Waals surface area contributed by atoms with Crippen LogP contribution in [0.15, 0.2) is 18.2 Å². The minimum atomic E-state index is -0.290. The van der Waals surface area contributed by atoms with Crippen LogP contribution in [0.25, 0.3) is 0 Å². The summed E-state index contributed by atoms with van der Waals surface area (Å²) in [7, 11) is 1.64. The highest BCUT2D eigenvalue weighted by atomic mass is 16.3. The number of hydrogen-bond donors (Lipinski definition) is 3. The molecule has 0 atom stereocenters. The van der Waals surface area contributed by atoms with Gasteiger partial charge < -0.3 is 21.1 Å². The van der Waals surface area contributed by atoms with Gasteiger partial charge in [-0.15, -0.1) is 0 Å². The van der Waals surface area contributed by atoms with Crippen LogP contribution in [0.5, 0.6) is 0 Å². The standard InChI is InChI=1S/C12H17N3O3/c1-15(8-17)6-10-4-11(14-12(18)5-13)3-2-9(10)7-16/h2-4,8,16H,5-7,13H2,1H3,(H,14,18). The summed E-state index contributed by atoms with van der Waals surface area (Å²) in [6.07, 6.45) is 0.701. The molecule has 4 N–H and O–H groups in total. The van der Waals surface area contributed by atoms with Crippen LogP contribution in [-0.4, -0.2) is 35.9 Å². The highest BCUT2D eigenvalue weighted by Crippen LogP contribution is 2.17. The molecular weight excluding hydrogens is 234 g/mol. The molecule has 1 aromatic rings. The fourth-order valence-electron chi connectivity index (χ4n) is 1.52. The molecule has 0 bridgehead atoms. The van der Waals surface area contributed by atoms with E-state index in [2.05, 4.69) is 5.32 Å². The molecule has 18 heavy (non-hydrogen) atoms. The van der Waals surface area contributed by atoms with Crippen molar-refractivity contribution in [1.29, 1.82) is 0 Å². The first-order valence-electron chi connectivity index (χ1n) is 5.48. The van der Waals surface area contributed by atoms with Crippen molar-refractivity contribution in [2.45, 2.75) is 13.2 Å². The summed E-state index contributed by atoms with van der Waals surface area (Å²) in [5.41, 5.74) is 7.30. The SMILES string of the molecule is CN(C=O)Cc1cc(NC(=O)CN)ccc1CO. The number of aliphatic hydroxyl groups excluding tert-OH is 1. The zero-order valence-corrected chi connectivity index (χ0v) is 10.2. The zero-order chi connectivity index (χ0) is 13.5. The maximum Gasteiger partial charge on any atom is 0.238 e. The van der Waals surface area contributed by atoms with Gasteiger partial charge in [-0.2, -0.15) is 0 Å². The first-order chi connectivity index (χ1) is 8.60. The Morgan fingerprint density at radius 2 is 2.22 bits per heavy atom. The van der Waals surface area contributed by atoms with Crippen molar-refractivity contribution in [3.8, 4) is 0 Å². The normalized spacial score (nSPS) is 9.94. The Morgan fingerprint density at radius 3 is 2.78 bits per heavy atom. The zero-order valence-electron chi connectivity index (χ0n) is 10.2. The number of aliphatic hydroxyl groups is 1. The van der Waals surface area contributed by atoms with E-state index in [1.54, 1.807) is 25.2 Å². The number of nitrogens with one attached hydrogen (secondary N) is 1. The molecule has 98 valence electrons. The van der Waals surface area contributed by atoms with Gasteiger partial charge in [0.2, 0.25) is 12.3 Å². The molecule has 1 aromatic carbocycles. The van der Waals surface area contributed by atoms with Crippen LogP contribution in [0.3, 0.4) is 0 Å². The number of carbonyl (C=O) groups excluding carboxylic acids is 2. The van der Waals surface area contributed by atoms with E-state index in [0.717, 1.165) is 11.1 Å². The molecule has 1 rings (SSSR count). The average molecular weight is 251 g/mol. The Bertz CT molecular complexity index is 435. The lowest BCUT2D eigenvalue weighted by atomic mass is 10.1. The monoisotopic (exact) mass is 251 g/mol. The Hall–Kier alpha value is -1.92.